The second-order valence-electron chi connectivity index (χ2n) is 3.03. The number of hydrogen-bond acceptors (Lipinski definition) is 4. The summed E-state index contributed by atoms with van der Waals surface area (Å²) in [5.41, 5.74) is 0. The van der Waals surface area contributed by atoms with Gasteiger partial charge in [0.1, 0.15) is 0 Å². The lowest BCUT2D eigenvalue weighted by Crippen LogP contribution is -2.26. The Morgan fingerprint density at radius 3 is 2.20 bits per heavy atom. The third-order valence-electron chi connectivity index (χ3n) is 1.87. The van der Waals surface area contributed by atoms with Gasteiger partial charge in [-0.2, -0.15) is 0 Å². The first-order chi connectivity index (χ1) is 7.13. The quantitative estimate of drug-likeness (QED) is 0.538. The molecule has 0 spiro atoms. The van der Waals surface area contributed by atoms with Crippen molar-refractivity contribution in [3.63, 3.8) is 0 Å². The van der Waals surface area contributed by atoms with E-state index in [0.717, 1.165) is 0 Å². The molecular formula is C10H15O4P. The molecule has 1 rings (SSSR count). The lowest BCUT2D eigenvalue weighted by molar-refractivity contribution is 0.0268. The van der Waals surface area contributed by atoms with Gasteiger partial charge in [0.05, 0.1) is 18.8 Å². The maximum absolute atomic E-state index is 11.9. The van der Waals surface area contributed by atoms with E-state index in [2.05, 4.69) is 19.7 Å². The van der Waals surface area contributed by atoms with Crippen LogP contribution in [0.25, 0.3) is 0 Å². The molecule has 2 unspecified atom stereocenters. The van der Waals surface area contributed by atoms with E-state index in [1.165, 1.54) is 6.08 Å². The summed E-state index contributed by atoms with van der Waals surface area (Å²) in [7, 11) is -3.49. The largest absolute Gasteiger partial charge is 0.476 e. The number of rotatable bonds is 5. The molecule has 0 aliphatic carbocycles. The van der Waals surface area contributed by atoms with Crippen molar-refractivity contribution in [2.45, 2.75) is 18.6 Å². The molecule has 1 fully saturated rings. The Kier molecular flexibility index (Phi) is 4.48. The van der Waals surface area contributed by atoms with Crippen LogP contribution in [-0.4, -0.2) is 18.8 Å². The topological polar surface area (TPSA) is 44.8 Å². The Labute approximate surface area is 89.8 Å². The minimum Gasteiger partial charge on any atom is -0.283 e. The van der Waals surface area contributed by atoms with Crippen molar-refractivity contribution in [1.82, 2.24) is 0 Å². The highest BCUT2D eigenvalue weighted by atomic mass is 31.2. The molecule has 1 heterocycles. The highest BCUT2D eigenvalue weighted by molar-refractivity contribution is 7.48. The Morgan fingerprint density at radius 1 is 1.27 bits per heavy atom. The van der Waals surface area contributed by atoms with Crippen molar-refractivity contribution in [2.24, 2.45) is 0 Å². The van der Waals surface area contributed by atoms with Gasteiger partial charge in [-0.3, -0.25) is 13.6 Å². The van der Waals surface area contributed by atoms with Crippen LogP contribution >= 0.6 is 7.82 Å². The Morgan fingerprint density at radius 2 is 1.80 bits per heavy atom. The van der Waals surface area contributed by atoms with Gasteiger partial charge in [0, 0.05) is 6.42 Å². The van der Waals surface area contributed by atoms with Crippen LogP contribution in [0.3, 0.4) is 0 Å². The molecule has 0 saturated carbocycles. The van der Waals surface area contributed by atoms with Gasteiger partial charge in [0.2, 0.25) is 0 Å². The fourth-order valence-electron chi connectivity index (χ4n) is 1.15. The van der Waals surface area contributed by atoms with Gasteiger partial charge in [0.25, 0.3) is 0 Å². The normalized spacial score (nSPS) is 35.7. The fourth-order valence-corrected chi connectivity index (χ4v) is 2.62. The van der Waals surface area contributed by atoms with E-state index in [1.807, 2.05) is 0 Å². The maximum atomic E-state index is 11.9. The zero-order valence-corrected chi connectivity index (χ0v) is 9.40. The SMILES string of the molecule is C=CCOP1(=O)OC(C=C)C[C@H](C=C)O1. The van der Waals surface area contributed by atoms with Gasteiger partial charge in [0.15, 0.2) is 0 Å². The second-order valence-corrected chi connectivity index (χ2v) is 4.60. The van der Waals surface area contributed by atoms with Crippen LogP contribution < -0.4 is 0 Å². The smallest absolute Gasteiger partial charge is 0.283 e. The molecular weight excluding hydrogens is 215 g/mol. The molecule has 0 aromatic carbocycles. The van der Waals surface area contributed by atoms with Crippen LogP contribution in [0.4, 0.5) is 0 Å². The summed E-state index contributed by atoms with van der Waals surface area (Å²) in [4.78, 5) is 0. The molecule has 3 atom stereocenters. The molecule has 0 radical (unpaired) electrons. The van der Waals surface area contributed by atoms with Crippen LogP contribution in [0, 0.1) is 0 Å². The zero-order chi connectivity index (χ0) is 11.3. The first kappa shape index (κ1) is 12.4. The third-order valence-corrected chi connectivity index (χ3v) is 3.39. The summed E-state index contributed by atoms with van der Waals surface area (Å²) in [6, 6.07) is 0. The lowest BCUT2D eigenvalue weighted by atomic mass is 10.1. The van der Waals surface area contributed by atoms with Crippen LogP contribution in [-0.2, 0) is 18.1 Å². The van der Waals surface area contributed by atoms with Gasteiger partial charge in [-0.05, 0) is 0 Å². The van der Waals surface area contributed by atoms with Gasteiger partial charge in [-0.25, -0.2) is 4.57 Å². The summed E-state index contributed by atoms with van der Waals surface area (Å²) in [6.45, 7) is 10.7. The molecule has 1 saturated heterocycles. The zero-order valence-electron chi connectivity index (χ0n) is 8.50. The minimum absolute atomic E-state index is 0.116. The standard InChI is InChI=1S/C10H15O4P/c1-4-7-12-15(11)13-9(5-2)8-10(6-3)14-15/h4-6,9-10H,1-3,7-8H2/t9-,10?,15?/m0/s1. The second kappa shape index (κ2) is 5.42. The predicted octanol–water partition coefficient (Wildman–Crippen LogP) is 2.84. The predicted molar refractivity (Wildman–Crippen MR) is 58.5 cm³/mol. The van der Waals surface area contributed by atoms with Crippen molar-refractivity contribution >= 4 is 7.82 Å². The molecule has 5 heteroatoms. The van der Waals surface area contributed by atoms with E-state index in [4.69, 9.17) is 13.6 Å². The average Bonchev–Trinajstić information content (AvgIpc) is 2.25. The molecule has 1 aliphatic heterocycles. The molecule has 0 aromatic heterocycles. The van der Waals surface area contributed by atoms with Crippen molar-refractivity contribution in [3.05, 3.63) is 38.0 Å². The van der Waals surface area contributed by atoms with Gasteiger partial charge in [-0.1, -0.05) is 18.2 Å². The lowest BCUT2D eigenvalue weighted by Gasteiger charge is -2.31. The van der Waals surface area contributed by atoms with E-state index in [0.29, 0.717) is 6.42 Å². The van der Waals surface area contributed by atoms with E-state index in [9.17, 15) is 4.57 Å². The van der Waals surface area contributed by atoms with E-state index < -0.39 is 7.82 Å². The molecule has 15 heavy (non-hydrogen) atoms. The van der Waals surface area contributed by atoms with Crippen molar-refractivity contribution in [2.75, 3.05) is 6.61 Å². The third kappa shape index (κ3) is 3.43. The molecule has 4 nitrogen and oxygen atoms in total. The van der Waals surface area contributed by atoms with Crippen molar-refractivity contribution < 1.29 is 18.1 Å². The fraction of sp³-hybridized carbons (Fsp3) is 0.400. The van der Waals surface area contributed by atoms with Crippen LogP contribution in [0.5, 0.6) is 0 Å². The molecule has 0 N–H and O–H groups in total. The average molecular weight is 230 g/mol. The highest BCUT2D eigenvalue weighted by Gasteiger charge is 2.38. The Bertz CT molecular complexity index is 280. The van der Waals surface area contributed by atoms with E-state index in [1.54, 1.807) is 12.2 Å². The van der Waals surface area contributed by atoms with Gasteiger partial charge in [-0.15, -0.1) is 19.7 Å². The van der Waals surface area contributed by atoms with Crippen LogP contribution in [0.2, 0.25) is 0 Å². The van der Waals surface area contributed by atoms with Crippen LogP contribution in [0.15, 0.2) is 38.0 Å². The molecule has 1 aliphatic rings. The Hall–Kier alpha value is -0.670. The van der Waals surface area contributed by atoms with Crippen LogP contribution in [0.1, 0.15) is 6.42 Å². The summed E-state index contributed by atoms with van der Waals surface area (Å²) in [6.07, 6.45) is 4.50. The number of phosphoric acid groups is 1. The summed E-state index contributed by atoms with van der Waals surface area (Å²) >= 11 is 0. The summed E-state index contributed by atoms with van der Waals surface area (Å²) in [5.74, 6) is 0. The molecule has 0 amide bonds. The first-order valence-corrected chi connectivity index (χ1v) is 6.07. The summed E-state index contributed by atoms with van der Waals surface area (Å²) in [5, 5.41) is 0. The van der Waals surface area contributed by atoms with Crippen molar-refractivity contribution in [1.29, 1.82) is 0 Å². The summed E-state index contributed by atoms with van der Waals surface area (Å²) < 4.78 is 27.2. The number of hydrogen-bond donors (Lipinski definition) is 0. The number of phosphoric ester groups is 1. The highest BCUT2D eigenvalue weighted by Crippen LogP contribution is 2.55. The molecule has 0 bridgehead atoms. The monoisotopic (exact) mass is 230 g/mol. The molecule has 0 aromatic rings. The van der Waals surface area contributed by atoms with Gasteiger partial charge < -0.3 is 0 Å². The molecule has 84 valence electrons. The van der Waals surface area contributed by atoms with E-state index in [-0.39, 0.29) is 18.8 Å². The van der Waals surface area contributed by atoms with Crippen molar-refractivity contribution in [3.8, 4) is 0 Å². The first-order valence-electron chi connectivity index (χ1n) is 4.61. The Balaban J connectivity index is 2.70. The van der Waals surface area contributed by atoms with Gasteiger partial charge >= 0.3 is 7.82 Å². The minimum atomic E-state index is -3.49. The maximum Gasteiger partial charge on any atom is 0.476 e. The van der Waals surface area contributed by atoms with E-state index >= 15 is 0 Å².